The van der Waals surface area contributed by atoms with Crippen molar-refractivity contribution in [3.05, 3.63) is 59.9 Å². The molecule has 0 bridgehead atoms. The Kier molecular flexibility index (Phi) is 7.07. The molecule has 0 aromatic heterocycles. The van der Waals surface area contributed by atoms with Crippen LogP contribution in [0.4, 0.5) is 0 Å². The third kappa shape index (κ3) is 4.48. The van der Waals surface area contributed by atoms with E-state index in [0.717, 1.165) is 18.7 Å². The van der Waals surface area contributed by atoms with E-state index >= 15 is 0 Å². The summed E-state index contributed by atoms with van der Waals surface area (Å²) in [7, 11) is 0. The summed E-state index contributed by atoms with van der Waals surface area (Å²) >= 11 is 0. The predicted molar refractivity (Wildman–Crippen MR) is 99.9 cm³/mol. The van der Waals surface area contributed by atoms with Gasteiger partial charge in [-0.15, -0.1) is 0 Å². The summed E-state index contributed by atoms with van der Waals surface area (Å²) in [5.41, 5.74) is 3.54. The molecule has 2 rings (SSSR count). The van der Waals surface area contributed by atoms with Crippen molar-refractivity contribution >= 4 is 6.02 Å². The molecule has 0 spiro atoms. The Bertz CT molecular complexity index is 597. The van der Waals surface area contributed by atoms with Crippen LogP contribution < -0.4 is 0 Å². The second-order valence-electron chi connectivity index (χ2n) is 5.78. The fourth-order valence-corrected chi connectivity index (χ4v) is 2.75. The summed E-state index contributed by atoms with van der Waals surface area (Å²) in [6.45, 7) is 12.7. The number of rotatable bonds is 8. The van der Waals surface area contributed by atoms with E-state index in [1.54, 1.807) is 0 Å². The Balaban J connectivity index is 1.92. The molecule has 1 saturated heterocycles. The average molecular weight is 328 g/mol. The van der Waals surface area contributed by atoms with Gasteiger partial charge in [-0.05, 0) is 37.5 Å². The Labute approximate surface area is 145 Å². The van der Waals surface area contributed by atoms with Crippen molar-refractivity contribution in [3.63, 3.8) is 0 Å². The molecule has 130 valence electrons. The van der Waals surface area contributed by atoms with Crippen LogP contribution in [0.5, 0.6) is 0 Å². The molecule has 0 aliphatic carbocycles. The van der Waals surface area contributed by atoms with Crippen LogP contribution in [0, 0.1) is 0 Å². The molecule has 4 heteroatoms. The van der Waals surface area contributed by atoms with Gasteiger partial charge in [0, 0.05) is 5.70 Å². The van der Waals surface area contributed by atoms with Crippen LogP contribution in [-0.4, -0.2) is 43.3 Å². The van der Waals surface area contributed by atoms with Gasteiger partial charge in [0.05, 0.1) is 26.3 Å². The lowest BCUT2D eigenvalue weighted by atomic mass is 10.1. The molecular formula is C20H28N2O2. The zero-order valence-corrected chi connectivity index (χ0v) is 15.0. The van der Waals surface area contributed by atoms with E-state index in [2.05, 4.69) is 35.5 Å². The molecule has 0 aromatic carbocycles. The van der Waals surface area contributed by atoms with Gasteiger partial charge in [-0.1, -0.05) is 43.9 Å². The van der Waals surface area contributed by atoms with E-state index in [1.165, 1.54) is 11.1 Å². The lowest BCUT2D eigenvalue weighted by Gasteiger charge is -2.23. The first kappa shape index (κ1) is 18.3. The third-order valence-electron chi connectivity index (χ3n) is 4.02. The van der Waals surface area contributed by atoms with Crippen LogP contribution in [0.3, 0.4) is 0 Å². The Morgan fingerprint density at radius 1 is 1.42 bits per heavy atom. The summed E-state index contributed by atoms with van der Waals surface area (Å²) in [6, 6.07) is 0.687. The van der Waals surface area contributed by atoms with E-state index in [-0.39, 0.29) is 6.10 Å². The minimum Gasteiger partial charge on any atom is -0.457 e. The molecule has 4 nitrogen and oxygen atoms in total. The number of aliphatic imine (C=N–C) groups is 1. The van der Waals surface area contributed by atoms with E-state index in [4.69, 9.17) is 9.47 Å². The standard InChI is InChI=1S/C20H28N2O2/c1-5-9-11-16(7-3)14-23-15-18-13-22-19(8-4)17(10-6-2)12-21-20(22)24-18/h5-6,8-11,18H,4,7,12-15H2,1-3H3/b9-5-,10-6-,16-11+. The van der Waals surface area contributed by atoms with Crippen molar-refractivity contribution in [2.45, 2.75) is 33.3 Å². The summed E-state index contributed by atoms with van der Waals surface area (Å²) in [5, 5.41) is 0. The van der Waals surface area contributed by atoms with Crippen LogP contribution >= 0.6 is 0 Å². The van der Waals surface area contributed by atoms with E-state index < -0.39 is 0 Å². The first-order valence-electron chi connectivity index (χ1n) is 8.58. The molecule has 0 radical (unpaired) electrons. The molecule has 1 unspecified atom stereocenters. The fraction of sp³-hybridized carbons (Fsp3) is 0.450. The highest BCUT2D eigenvalue weighted by Gasteiger charge is 2.34. The summed E-state index contributed by atoms with van der Waals surface area (Å²) < 4.78 is 11.8. The van der Waals surface area contributed by atoms with Crippen molar-refractivity contribution in [1.82, 2.24) is 4.90 Å². The van der Waals surface area contributed by atoms with Crippen molar-refractivity contribution in [3.8, 4) is 0 Å². The highest BCUT2D eigenvalue weighted by molar-refractivity contribution is 5.80. The van der Waals surface area contributed by atoms with Crippen LogP contribution in [0.2, 0.25) is 0 Å². The predicted octanol–water partition coefficient (Wildman–Crippen LogP) is 4.00. The van der Waals surface area contributed by atoms with Gasteiger partial charge in [-0.2, -0.15) is 0 Å². The van der Waals surface area contributed by atoms with Gasteiger partial charge in [0.1, 0.15) is 6.10 Å². The smallest absolute Gasteiger partial charge is 0.292 e. The van der Waals surface area contributed by atoms with E-state index in [0.29, 0.717) is 25.8 Å². The van der Waals surface area contributed by atoms with Crippen LogP contribution in [0.15, 0.2) is 64.9 Å². The Morgan fingerprint density at radius 2 is 2.25 bits per heavy atom. The average Bonchev–Trinajstić information content (AvgIpc) is 3.01. The number of ether oxygens (including phenoxy) is 2. The molecule has 1 atom stereocenters. The van der Waals surface area contributed by atoms with Gasteiger partial charge in [0.15, 0.2) is 0 Å². The maximum atomic E-state index is 5.93. The lowest BCUT2D eigenvalue weighted by molar-refractivity contribution is 0.0706. The molecule has 0 amide bonds. The Hall–Kier alpha value is -2.07. The summed E-state index contributed by atoms with van der Waals surface area (Å²) in [5.74, 6) is 0. The molecule has 1 fully saturated rings. The van der Waals surface area contributed by atoms with Crippen LogP contribution in [0.1, 0.15) is 27.2 Å². The number of hydrogen-bond acceptors (Lipinski definition) is 4. The first-order chi connectivity index (χ1) is 11.7. The van der Waals surface area contributed by atoms with Crippen LogP contribution in [0.25, 0.3) is 0 Å². The number of fused-ring (bicyclic) bond motifs is 1. The minimum absolute atomic E-state index is 0.00322. The van der Waals surface area contributed by atoms with Crippen molar-refractivity contribution in [2.24, 2.45) is 4.99 Å². The zero-order valence-electron chi connectivity index (χ0n) is 15.0. The molecule has 0 aromatic rings. The number of amidine groups is 1. The normalized spacial score (nSPS) is 21.5. The summed E-state index contributed by atoms with van der Waals surface area (Å²) in [6.07, 6.45) is 13.2. The Morgan fingerprint density at radius 3 is 2.92 bits per heavy atom. The lowest BCUT2D eigenvalue weighted by Crippen LogP contribution is -2.29. The minimum atomic E-state index is 0.00322. The quantitative estimate of drug-likeness (QED) is 0.632. The number of hydrogen-bond donors (Lipinski definition) is 0. The zero-order chi connectivity index (χ0) is 17.4. The van der Waals surface area contributed by atoms with Crippen molar-refractivity contribution in [2.75, 3.05) is 26.3 Å². The molecule has 0 saturated carbocycles. The van der Waals surface area contributed by atoms with Gasteiger partial charge < -0.3 is 9.47 Å². The SMILES string of the molecule is C=CC1=C(/C=C\C)CN=C2OC(COC/C(=C/C=C\C)CC)CN21. The number of allylic oxidation sites excluding steroid dienone is 5. The maximum Gasteiger partial charge on any atom is 0.292 e. The molecule has 0 N–H and O–H groups in total. The molecular weight excluding hydrogens is 300 g/mol. The highest BCUT2D eigenvalue weighted by atomic mass is 16.6. The van der Waals surface area contributed by atoms with Crippen LogP contribution in [-0.2, 0) is 9.47 Å². The van der Waals surface area contributed by atoms with Gasteiger partial charge in [-0.25, -0.2) is 4.99 Å². The van der Waals surface area contributed by atoms with Crippen molar-refractivity contribution < 1.29 is 9.47 Å². The topological polar surface area (TPSA) is 34.1 Å². The number of nitrogens with zero attached hydrogens (tertiary/aromatic N) is 2. The van der Waals surface area contributed by atoms with E-state index in [1.807, 2.05) is 38.2 Å². The monoisotopic (exact) mass is 328 g/mol. The fourth-order valence-electron chi connectivity index (χ4n) is 2.75. The molecule has 2 aliphatic rings. The first-order valence-corrected chi connectivity index (χ1v) is 8.58. The van der Waals surface area contributed by atoms with Gasteiger partial charge >= 0.3 is 0 Å². The molecule has 24 heavy (non-hydrogen) atoms. The largest absolute Gasteiger partial charge is 0.457 e. The highest BCUT2D eigenvalue weighted by Crippen LogP contribution is 2.25. The second-order valence-corrected chi connectivity index (χ2v) is 5.78. The third-order valence-corrected chi connectivity index (χ3v) is 4.02. The maximum absolute atomic E-state index is 5.93. The second kappa shape index (κ2) is 9.28. The van der Waals surface area contributed by atoms with Gasteiger partial charge in [0.25, 0.3) is 6.02 Å². The summed E-state index contributed by atoms with van der Waals surface area (Å²) in [4.78, 5) is 6.62. The molecule has 2 aliphatic heterocycles. The van der Waals surface area contributed by atoms with E-state index in [9.17, 15) is 0 Å². The van der Waals surface area contributed by atoms with Gasteiger partial charge in [-0.3, -0.25) is 4.90 Å². The van der Waals surface area contributed by atoms with Gasteiger partial charge in [0.2, 0.25) is 0 Å². The molecule has 2 heterocycles. The van der Waals surface area contributed by atoms with Crippen molar-refractivity contribution in [1.29, 1.82) is 0 Å².